The number of aryl methyl sites for hydroxylation is 1. The van der Waals surface area contributed by atoms with Gasteiger partial charge in [0.15, 0.2) is 0 Å². The Morgan fingerprint density at radius 1 is 1.46 bits per heavy atom. The Balaban J connectivity index is 2.53. The Kier molecular flexibility index (Phi) is 1.79. The van der Waals surface area contributed by atoms with Crippen molar-refractivity contribution in [1.29, 1.82) is 0 Å². The van der Waals surface area contributed by atoms with Crippen molar-refractivity contribution < 1.29 is 0 Å². The van der Waals surface area contributed by atoms with Gasteiger partial charge < -0.3 is 4.98 Å². The summed E-state index contributed by atoms with van der Waals surface area (Å²) in [6, 6.07) is 3.58. The van der Waals surface area contributed by atoms with Gasteiger partial charge in [-0.3, -0.25) is 4.79 Å². The number of nitrogens with one attached hydrogen (secondary N) is 1. The molecule has 1 fully saturated rings. The van der Waals surface area contributed by atoms with E-state index in [4.69, 9.17) is 0 Å². The van der Waals surface area contributed by atoms with Gasteiger partial charge in [-0.15, -0.1) is 0 Å². The van der Waals surface area contributed by atoms with Crippen LogP contribution in [0.15, 0.2) is 16.9 Å². The quantitative estimate of drug-likeness (QED) is 0.736. The van der Waals surface area contributed by atoms with E-state index in [1.165, 1.54) is 24.1 Å². The first-order chi connectivity index (χ1) is 6.15. The predicted molar refractivity (Wildman–Crippen MR) is 53.0 cm³/mol. The molecule has 1 saturated carbocycles. The molecule has 1 aliphatic rings. The fraction of sp³-hybridized carbons (Fsp3) is 0.545. The average Bonchev–Trinajstić information content (AvgIpc) is 2.85. The van der Waals surface area contributed by atoms with E-state index >= 15 is 0 Å². The number of rotatable bonds is 2. The predicted octanol–water partition coefficient (Wildman–Crippen LogP) is 1.99. The molecule has 1 N–H and O–H groups in total. The maximum Gasteiger partial charge on any atom is 0.248 e. The minimum atomic E-state index is 0.0281. The van der Waals surface area contributed by atoms with Crippen LogP contribution in [0.2, 0.25) is 0 Å². The molecule has 0 bridgehead atoms. The van der Waals surface area contributed by atoms with E-state index in [9.17, 15) is 4.79 Å². The van der Waals surface area contributed by atoms with Crippen molar-refractivity contribution in [2.24, 2.45) is 0 Å². The minimum absolute atomic E-state index is 0.0281. The molecule has 13 heavy (non-hydrogen) atoms. The lowest BCUT2D eigenvalue weighted by Crippen LogP contribution is -2.15. The van der Waals surface area contributed by atoms with E-state index in [0.29, 0.717) is 0 Å². The molecule has 0 spiro atoms. The van der Waals surface area contributed by atoms with Crippen molar-refractivity contribution >= 4 is 0 Å². The third kappa shape index (κ3) is 1.41. The Morgan fingerprint density at radius 3 is 2.69 bits per heavy atom. The van der Waals surface area contributed by atoms with Gasteiger partial charge in [0.25, 0.3) is 0 Å². The fourth-order valence-electron chi connectivity index (χ4n) is 1.78. The van der Waals surface area contributed by atoms with E-state index in [-0.39, 0.29) is 11.0 Å². The largest absolute Gasteiger partial charge is 0.325 e. The van der Waals surface area contributed by atoms with Gasteiger partial charge in [0.05, 0.1) is 0 Å². The maximum absolute atomic E-state index is 11.2. The Labute approximate surface area is 78.0 Å². The first-order valence-electron chi connectivity index (χ1n) is 4.88. The lowest BCUT2D eigenvalue weighted by atomic mass is 9.98. The average molecular weight is 177 g/mol. The van der Waals surface area contributed by atoms with Crippen LogP contribution in [0.3, 0.4) is 0 Å². The van der Waals surface area contributed by atoms with Crippen molar-refractivity contribution in [3.05, 3.63) is 33.7 Å². The first-order valence-corrected chi connectivity index (χ1v) is 4.88. The second-order valence-electron chi connectivity index (χ2n) is 4.14. The highest BCUT2D eigenvalue weighted by Gasteiger charge is 2.41. The van der Waals surface area contributed by atoms with Crippen LogP contribution in [0, 0.1) is 0 Å². The first kappa shape index (κ1) is 8.54. The summed E-state index contributed by atoms with van der Waals surface area (Å²) >= 11 is 0. The fourth-order valence-corrected chi connectivity index (χ4v) is 1.78. The zero-order valence-electron chi connectivity index (χ0n) is 8.18. The molecule has 2 rings (SSSR count). The molecule has 0 saturated heterocycles. The van der Waals surface area contributed by atoms with E-state index in [0.717, 1.165) is 6.42 Å². The summed E-state index contributed by atoms with van der Waals surface area (Å²) in [7, 11) is 0. The van der Waals surface area contributed by atoms with Crippen LogP contribution in [-0.4, -0.2) is 4.98 Å². The molecule has 1 aromatic rings. The van der Waals surface area contributed by atoms with Crippen molar-refractivity contribution in [3.63, 3.8) is 0 Å². The summed E-state index contributed by atoms with van der Waals surface area (Å²) < 4.78 is 0. The monoisotopic (exact) mass is 177 g/mol. The highest BCUT2D eigenvalue weighted by molar-refractivity contribution is 5.31. The zero-order valence-corrected chi connectivity index (χ0v) is 8.18. The highest BCUT2D eigenvalue weighted by Crippen LogP contribution is 2.47. The van der Waals surface area contributed by atoms with Crippen LogP contribution in [0.25, 0.3) is 0 Å². The van der Waals surface area contributed by atoms with E-state index in [1.54, 1.807) is 6.07 Å². The number of hydrogen-bond acceptors (Lipinski definition) is 1. The van der Waals surface area contributed by atoms with Crippen LogP contribution in [-0.2, 0) is 11.8 Å². The highest BCUT2D eigenvalue weighted by atomic mass is 16.1. The summed E-state index contributed by atoms with van der Waals surface area (Å²) in [5.74, 6) is 0. The molecule has 70 valence electrons. The number of H-pyrrole nitrogens is 1. The number of pyridine rings is 1. The summed E-state index contributed by atoms with van der Waals surface area (Å²) in [5.41, 5.74) is 2.76. The molecule has 0 amide bonds. The molecular weight excluding hydrogens is 162 g/mol. The summed E-state index contributed by atoms with van der Waals surface area (Å²) in [4.78, 5) is 14.2. The molecule has 1 heterocycles. The Morgan fingerprint density at radius 2 is 2.15 bits per heavy atom. The van der Waals surface area contributed by atoms with Gasteiger partial charge >= 0.3 is 0 Å². The van der Waals surface area contributed by atoms with Crippen LogP contribution >= 0.6 is 0 Å². The summed E-state index contributed by atoms with van der Waals surface area (Å²) in [6.45, 7) is 4.35. The van der Waals surface area contributed by atoms with Gasteiger partial charge in [-0.25, -0.2) is 0 Å². The second kappa shape index (κ2) is 2.72. The summed E-state index contributed by atoms with van der Waals surface area (Å²) in [6.07, 6.45) is 3.42. The van der Waals surface area contributed by atoms with E-state index in [1.807, 2.05) is 6.07 Å². The normalized spacial score (nSPS) is 18.6. The van der Waals surface area contributed by atoms with Crippen molar-refractivity contribution in [2.75, 3.05) is 0 Å². The third-order valence-electron chi connectivity index (χ3n) is 2.99. The van der Waals surface area contributed by atoms with Gasteiger partial charge in [-0.1, -0.05) is 19.9 Å². The molecule has 0 radical (unpaired) electrons. The Bertz CT molecular complexity index is 374. The van der Waals surface area contributed by atoms with Gasteiger partial charge in [-0.2, -0.15) is 0 Å². The molecular formula is C11H15NO. The maximum atomic E-state index is 11.2. The minimum Gasteiger partial charge on any atom is -0.325 e. The van der Waals surface area contributed by atoms with Crippen molar-refractivity contribution in [1.82, 2.24) is 4.98 Å². The van der Waals surface area contributed by atoms with Crippen LogP contribution < -0.4 is 5.56 Å². The molecule has 2 nitrogen and oxygen atoms in total. The topological polar surface area (TPSA) is 32.9 Å². The standard InChI is InChI=1S/C11H15NO/c1-3-8-4-5-9(13)12-10(8)11(2)6-7-11/h4-5H,3,6-7H2,1-2H3,(H,12,13). The molecule has 0 aromatic carbocycles. The van der Waals surface area contributed by atoms with Gasteiger partial charge in [-0.05, 0) is 24.8 Å². The molecule has 1 aromatic heterocycles. The second-order valence-corrected chi connectivity index (χ2v) is 4.14. The summed E-state index contributed by atoms with van der Waals surface area (Å²) in [5, 5.41) is 0. The molecule has 0 aliphatic heterocycles. The lowest BCUT2D eigenvalue weighted by Gasteiger charge is -2.12. The van der Waals surface area contributed by atoms with Crippen molar-refractivity contribution in [3.8, 4) is 0 Å². The molecule has 2 heteroatoms. The number of aromatic amines is 1. The molecule has 0 atom stereocenters. The molecule has 0 unspecified atom stereocenters. The van der Waals surface area contributed by atoms with Crippen LogP contribution in [0.4, 0.5) is 0 Å². The zero-order chi connectivity index (χ0) is 9.47. The third-order valence-corrected chi connectivity index (χ3v) is 2.99. The Hall–Kier alpha value is -1.05. The SMILES string of the molecule is CCc1ccc(=O)[nH]c1C1(C)CC1. The van der Waals surface area contributed by atoms with Crippen LogP contribution in [0.5, 0.6) is 0 Å². The lowest BCUT2D eigenvalue weighted by molar-refractivity contribution is 0.727. The van der Waals surface area contributed by atoms with E-state index in [2.05, 4.69) is 18.8 Å². The number of aromatic nitrogens is 1. The van der Waals surface area contributed by atoms with E-state index < -0.39 is 0 Å². The van der Waals surface area contributed by atoms with Gasteiger partial charge in [0.1, 0.15) is 0 Å². The van der Waals surface area contributed by atoms with Crippen LogP contribution in [0.1, 0.15) is 37.9 Å². The molecule has 1 aliphatic carbocycles. The van der Waals surface area contributed by atoms with Crippen molar-refractivity contribution in [2.45, 2.75) is 38.5 Å². The number of hydrogen-bond donors (Lipinski definition) is 1. The smallest absolute Gasteiger partial charge is 0.248 e. The van der Waals surface area contributed by atoms with Gasteiger partial charge in [0.2, 0.25) is 5.56 Å². The van der Waals surface area contributed by atoms with Gasteiger partial charge in [0, 0.05) is 17.2 Å².